The van der Waals surface area contributed by atoms with Gasteiger partial charge < -0.3 is 0 Å². The Hall–Kier alpha value is -0.790. The zero-order valence-electron chi connectivity index (χ0n) is 5.55. The molecule has 0 unspecified atom stereocenters. The minimum absolute atomic E-state index is 0.0979. The van der Waals surface area contributed by atoms with E-state index in [2.05, 4.69) is 0 Å². The Balaban J connectivity index is 3.37. The zero-order chi connectivity index (χ0) is 9.30. The summed E-state index contributed by atoms with van der Waals surface area (Å²) in [5, 5.41) is 10.1. The average molecular weight is 285 g/mol. The molecule has 0 fully saturated rings. The van der Waals surface area contributed by atoms with Crippen molar-refractivity contribution in [3.63, 3.8) is 0 Å². The van der Waals surface area contributed by atoms with E-state index >= 15 is 0 Å². The van der Waals surface area contributed by atoms with Crippen LogP contribution in [0, 0.1) is 25.3 Å². The molecule has 6 heteroatoms. The molecule has 0 bridgehead atoms. The predicted octanol–water partition coefficient (Wildman–Crippen LogP) is 2.48. The van der Waals surface area contributed by atoms with Gasteiger partial charge in [0.2, 0.25) is 5.82 Å². The maximum atomic E-state index is 12.8. The Kier molecular flexibility index (Phi) is 2.55. The fraction of sp³-hybridized carbons (Fsp3) is 0. The molecule has 0 heterocycles. The molecule has 0 saturated carbocycles. The van der Waals surface area contributed by atoms with Gasteiger partial charge in [-0.25, -0.2) is 4.39 Å². The second-order valence-electron chi connectivity index (χ2n) is 1.98. The predicted molar refractivity (Wildman–Crippen MR) is 45.7 cm³/mol. The molecular weight excluding hydrogens is 283 g/mol. The number of nitro benzene ring substituents is 1. The van der Waals surface area contributed by atoms with Crippen LogP contribution >= 0.6 is 22.6 Å². The second kappa shape index (κ2) is 3.30. The van der Waals surface area contributed by atoms with Gasteiger partial charge in [0, 0.05) is 0 Å². The van der Waals surface area contributed by atoms with Crippen molar-refractivity contribution in [1.82, 2.24) is 0 Å². The van der Waals surface area contributed by atoms with Crippen LogP contribution in [0.2, 0.25) is 0 Å². The van der Waals surface area contributed by atoms with Gasteiger partial charge in [0.15, 0.2) is 0 Å². The Morgan fingerprint density at radius 2 is 2.00 bits per heavy atom. The zero-order valence-corrected chi connectivity index (χ0v) is 7.71. The molecule has 0 atom stereocenters. The molecule has 0 radical (unpaired) electrons. The maximum Gasteiger partial charge on any atom is 0.308 e. The first-order valence-corrected chi connectivity index (χ1v) is 3.89. The first kappa shape index (κ1) is 9.30. The van der Waals surface area contributed by atoms with Crippen LogP contribution in [0.5, 0.6) is 0 Å². The van der Waals surface area contributed by atoms with Gasteiger partial charge in [0.25, 0.3) is 0 Å². The highest BCUT2D eigenvalue weighted by Gasteiger charge is 2.18. The van der Waals surface area contributed by atoms with Gasteiger partial charge >= 0.3 is 5.69 Å². The lowest BCUT2D eigenvalue weighted by atomic mass is 10.3. The summed E-state index contributed by atoms with van der Waals surface area (Å²) in [5.41, 5.74) is -0.834. The molecule has 1 aromatic carbocycles. The van der Waals surface area contributed by atoms with Gasteiger partial charge in [-0.15, -0.1) is 0 Å². The summed E-state index contributed by atoms with van der Waals surface area (Å²) in [5.74, 6) is -1.81. The molecule has 0 aliphatic heterocycles. The van der Waals surface area contributed by atoms with Crippen LogP contribution < -0.4 is 0 Å². The fourth-order valence-corrected chi connectivity index (χ4v) is 1.25. The second-order valence-corrected chi connectivity index (χ2v) is 3.14. The summed E-state index contributed by atoms with van der Waals surface area (Å²) in [4.78, 5) is 9.16. The third-order valence-electron chi connectivity index (χ3n) is 1.17. The van der Waals surface area contributed by atoms with Gasteiger partial charge in [-0.2, -0.15) is 4.39 Å². The van der Waals surface area contributed by atoms with Crippen LogP contribution in [0.25, 0.3) is 0 Å². The minimum Gasteiger partial charge on any atom is -0.258 e. The highest BCUT2D eigenvalue weighted by atomic mass is 127. The third kappa shape index (κ3) is 1.68. The Bertz CT molecular complexity index is 343. The van der Waals surface area contributed by atoms with E-state index in [0.29, 0.717) is 6.07 Å². The molecular formula is C6H2F2INO2. The fourth-order valence-electron chi connectivity index (χ4n) is 0.675. The highest BCUT2D eigenvalue weighted by molar-refractivity contribution is 14.1. The number of halogens is 3. The lowest BCUT2D eigenvalue weighted by Crippen LogP contribution is -1.95. The van der Waals surface area contributed by atoms with E-state index in [1.165, 1.54) is 22.6 Å². The number of hydrogen-bond acceptors (Lipinski definition) is 2. The third-order valence-corrected chi connectivity index (χ3v) is 1.96. The van der Waals surface area contributed by atoms with Crippen molar-refractivity contribution in [2.24, 2.45) is 0 Å². The first-order chi connectivity index (χ1) is 5.52. The lowest BCUT2D eigenvalue weighted by molar-refractivity contribution is -0.387. The van der Waals surface area contributed by atoms with Crippen molar-refractivity contribution in [3.8, 4) is 0 Å². The molecule has 1 aromatic rings. The first-order valence-electron chi connectivity index (χ1n) is 2.81. The van der Waals surface area contributed by atoms with Crippen molar-refractivity contribution >= 4 is 28.3 Å². The highest BCUT2D eigenvalue weighted by Crippen LogP contribution is 2.23. The standard InChI is InChI=1S/C6H2F2INO2/c7-3-1-4(9)6(8)5(2-3)10(11)12/h1-2H. The van der Waals surface area contributed by atoms with E-state index < -0.39 is 22.2 Å². The Morgan fingerprint density at radius 1 is 1.42 bits per heavy atom. The molecule has 1 rings (SSSR count). The maximum absolute atomic E-state index is 12.8. The van der Waals surface area contributed by atoms with E-state index in [0.717, 1.165) is 6.07 Å². The molecule has 0 aliphatic carbocycles. The monoisotopic (exact) mass is 285 g/mol. The molecule has 0 N–H and O–H groups in total. The van der Waals surface area contributed by atoms with E-state index in [4.69, 9.17) is 0 Å². The topological polar surface area (TPSA) is 43.1 Å². The van der Waals surface area contributed by atoms with Gasteiger partial charge in [-0.3, -0.25) is 10.1 Å². The smallest absolute Gasteiger partial charge is 0.258 e. The normalized spacial score (nSPS) is 9.92. The molecule has 0 spiro atoms. The molecule has 0 amide bonds. The Labute approximate surface area is 79.7 Å². The molecule has 12 heavy (non-hydrogen) atoms. The van der Waals surface area contributed by atoms with Crippen molar-refractivity contribution < 1.29 is 13.7 Å². The van der Waals surface area contributed by atoms with Gasteiger partial charge in [0.1, 0.15) is 5.82 Å². The van der Waals surface area contributed by atoms with E-state index in [1.54, 1.807) is 0 Å². The van der Waals surface area contributed by atoms with Crippen LogP contribution in [-0.4, -0.2) is 4.92 Å². The van der Waals surface area contributed by atoms with E-state index in [9.17, 15) is 18.9 Å². The lowest BCUT2D eigenvalue weighted by Gasteiger charge is -1.96. The molecule has 3 nitrogen and oxygen atoms in total. The number of rotatable bonds is 1. The molecule has 0 aromatic heterocycles. The van der Waals surface area contributed by atoms with Crippen LogP contribution in [0.3, 0.4) is 0 Å². The Morgan fingerprint density at radius 3 is 2.50 bits per heavy atom. The van der Waals surface area contributed by atoms with Gasteiger partial charge in [-0.1, -0.05) is 0 Å². The number of nitro groups is 1. The van der Waals surface area contributed by atoms with Gasteiger partial charge in [-0.05, 0) is 28.7 Å². The van der Waals surface area contributed by atoms with Crippen LogP contribution in [0.4, 0.5) is 14.5 Å². The summed E-state index contributed by atoms with van der Waals surface area (Å²) < 4.78 is 25.2. The van der Waals surface area contributed by atoms with E-state index in [1.807, 2.05) is 0 Å². The summed E-state index contributed by atoms with van der Waals surface area (Å²) >= 11 is 1.49. The number of hydrogen-bond donors (Lipinski definition) is 0. The summed E-state index contributed by atoms with van der Waals surface area (Å²) in [6.45, 7) is 0. The van der Waals surface area contributed by atoms with Crippen molar-refractivity contribution in [2.75, 3.05) is 0 Å². The number of nitrogens with zero attached hydrogens (tertiary/aromatic N) is 1. The van der Waals surface area contributed by atoms with Crippen LogP contribution in [0.15, 0.2) is 12.1 Å². The largest absolute Gasteiger partial charge is 0.308 e. The van der Waals surface area contributed by atoms with Crippen LogP contribution in [0.1, 0.15) is 0 Å². The summed E-state index contributed by atoms with van der Waals surface area (Å²) in [6.07, 6.45) is 0. The minimum atomic E-state index is -0.998. The van der Waals surface area contributed by atoms with Gasteiger partial charge in [0.05, 0.1) is 14.6 Å². The average Bonchev–Trinajstić information content (AvgIpc) is 1.96. The van der Waals surface area contributed by atoms with Crippen molar-refractivity contribution in [3.05, 3.63) is 37.5 Å². The summed E-state index contributed by atoms with van der Waals surface area (Å²) in [6, 6.07) is 1.44. The molecule has 0 aliphatic rings. The quantitative estimate of drug-likeness (QED) is 0.344. The van der Waals surface area contributed by atoms with E-state index in [-0.39, 0.29) is 3.57 Å². The van der Waals surface area contributed by atoms with Crippen molar-refractivity contribution in [2.45, 2.75) is 0 Å². The molecule has 64 valence electrons. The van der Waals surface area contributed by atoms with Crippen molar-refractivity contribution in [1.29, 1.82) is 0 Å². The van der Waals surface area contributed by atoms with Crippen LogP contribution in [-0.2, 0) is 0 Å². The number of benzene rings is 1. The summed E-state index contributed by atoms with van der Waals surface area (Å²) in [7, 11) is 0. The molecule has 0 saturated heterocycles. The SMILES string of the molecule is O=[N+]([O-])c1cc(F)cc(I)c1F.